The molecule has 0 aliphatic carbocycles. The van der Waals surface area contributed by atoms with E-state index in [9.17, 15) is 31.1 Å². The highest BCUT2D eigenvalue weighted by Gasteiger charge is 2.54. The minimum absolute atomic E-state index is 0.0190. The summed E-state index contributed by atoms with van der Waals surface area (Å²) in [6, 6.07) is 13.1. The molecule has 1 amide bonds. The van der Waals surface area contributed by atoms with Gasteiger partial charge in [0.1, 0.15) is 5.75 Å². The van der Waals surface area contributed by atoms with Gasteiger partial charge in [-0.2, -0.15) is 26.3 Å². The summed E-state index contributed by atoms with van der Waals surface area (Å²) in [7, 11) is 0. The van der Waals surface area contributed by atoms with Gasteiger partial charge in [0.25, 0.3) is 0 Å². The Labute approximate surface area is 222 Å². The maximum absolute atomic E-state index is 14.0. The van der Waals surface area contributed by atoms with E-state index in [4.69, 9.17) is 9.47 Å². The van der Waals surface area contributed by atoms with Crippen molar-refractivity contribution in [3.63, 3.8) is 0 Å². The molecule has 3 aliphatic rings. The number of hydrogen-bond acceptors (Lipinski definition) is 4. The van der Waals surface area contributed by atoms with Crippen molar-refractivity contribution in [3.05, 3.63) is 65.2 Å². The summed E-state index contributed by atoms with van der Waals surface area (Å²) >= 11 is 0. The molecule has 1 N–H and O–H groups in total. The number of nitrogens with one attached hydrogen (secondary N) is 1. The smallest absolute Gasteiger partial charge is 0.422 e. The zero-order chi connectivity index (χ0) is 27.8. The van der Waals surface area contributed by atoms with Crippen molar-refractivity contribution in [2.75, 3.05) is 32.8 Å². The quantitative estimate of drug-likeness (QED) is 0.506. The monoisotopic (exact) mass is 556 g/mol. The fourth-order valence-electron chi connectivity index (χ4n) is 6.44. The number of amides is 1. The zero-order valence-electron chi connectivity index (χ0n) is 21.2. The lowest BCUT2D eigenvalue weighted by atomic mass is 9.69. The van der Waals surface area contributed by atoms with Crippen LogP contribution in [0.15, 0.2) is 48.5 Å². The van der Waals surface area contributed by atoms with Crippen molar-refractivity contribution in [1.29, 1.82) is 0 Å². The van der Waals surface area contributed by atoms with Crippen LogP contribution in [-0.4, -0.2) is 62.0 Å². The molecule has 3 aliphatic heterocycles. The molecule has 4 atom stereocenters. The molecule has 0 bridgehead atoms. The maximum Gasteiger partial charge on any atom is 0.422 e. The Kier molecular flexibility index (Phi) is 7.58. The van der Waals surface area contributed by atoms with Gasteiger partial charge in [-0.1, -0.05) is 42.5 Å². The number of hydrogen-bond donors (Lipinski definition) is 1. The van der Waals surface area contributed by atoms with Crippen LogP contribution in [0, 0.1) is 5.92 Å². The highest BCUT2D eigenvalue weighted by Crippen LogP contribution is 2.46. The van der Waals surface area contributed by atoms with E-state index >= 15 is 0 Å². The largest absolute Gasteiger partial charge is 0.484 e. The summed E-state index contributed by atoms with van der Waals surface area (Å²) in [5.41, 5.74) is 1.10. The second-order valence-electron chi connectivity index (χ2n) is 10.7. The molecule has 1 spiro atoms. The Hall–Kier alpha value is -2.79. The van der Waals surface area contributed by atoms with Crippen LogP contribution in [0.1, 0.15) is 41.9 Å². The van der Waals surface area contributed by atoms with E-state index in [1.54, 1.807) is 12.1 Å². The van der Waals surface area contributed by atoms with E-state index in [2.05, 4.69) is 5.32 Å². The van der Waals surface area contributed by atoms with Crippen molar-refractivity contribution in [3.8, 4) is 5.75 Å². The molecule has 3 heterocycles. The second kappa shape index (κ2) is 10.6. The first-order valence-electron chi connectivity index (χ1n) is 13.0. The Morgan fingerprint density at radius 2 is 1.82 bits per heavy atom. The van der Waals surface area contributed by atoms with E-state index in [0.717, 1.165) is 5.56 Å². The SMILES string of the molecule is O=C([C@@H]1CNC[C@]12COCc1c(OCC(F)(F)F)cccc12)N1CC[C@@H](c2ccccc2)C[C@H]1CC(F)(F)F. The van der Waals surface area contributed by atoms with Crippen LogP contribution < -0.4 is 10.1 Å². The van der Waals surface area contributed by atoms with Crippen LogP contribution in [0.2, 0.25) is 0 Å². The number of nitrogens with zero attached hydrogens (tertiary/aromatic N) is 1. The molecule has 2 saturated heterocycles. The van der Waals surface area contributed by atoms with Gasteiger partial charge in [-0.3, -0.25) is 4.79 Å². The zero-order valence-corrected chi connectivity index (χ0v) is 21.2. The summed E-state index contributed by atoms with van der Waals surface area (Å²) in [6.07, 6.45) is -9.33. The van der Waals surface area contributed by atoms with Gasteiger partial charge in [0.05, 0.1) is 25.6 Å². The molecule has 2 fully saturated rings. The second-order valence-corrected chi connectivity index (χ2v) is 10.7. The minimum atomic E-state index is -4.53. The van der Waals surface area contributed by atoms with Crippen LogP contribution in [0.3, 0.4) is 0 Å². The summed E-state index contributed by atoms with van der Waals surface area (Å²) < 4.78 is 90.4. The van der Waals surface area contributed by atoms with Gasteiger partial charge in [-0.25, -0.2) is 0 Å². The molecule has 5 nitrogen and oxygen atoms in total. The highest BCUT2D eigenvalue weighted by atomic mass is 19.4. The molecular weight excluding hydrogens is 526 g/mol. The van der Waals surface area contributed by atoms with E-state index in [1.165, 1.54) is 11.0 Å². The Balaban J connectivity index is 1.43. The number of piperidine rings is 1. The number of halogens is 6. The molecule has 2 aromatic carbocycles. The van der Waals surface area contributed by atoms with Gasteiger partial charge in [0.2, 0.25) is 5.91 Å². The van der Waals surface area contributed by atoms with Crippen molar-refractivity contribution in [2.24, 2.45) is 5.92 Å². The predicted molar refractivity (Wildman–Crippen MR) is 130 cm³/mol. The van der Waals surface area contributed by atoms with Crippen LogP contribution >= 0.6 is 0 Å². The molecule has 0 saturated carbocycles. The molecule has 0 aromatic heterocycles. The van der Waals surface area contributed by atoms with Gasteiger partial charge in [0, 0.05) is 36.7 Å². The number of benzene rings is 2. The van der Waals surface area contributed by atoms with Gasteiger partial charge in [-0.05, 0) is 36.0 Å². The standard InChI is InChI=1S/C28H30F6N2O3/c29-27(30,31)12-20-11-19(18-5-2-1-3-6-18)9-10-36(20)25(37)23-13-35-15-26(23)16-38-14-21-22(26)7-4-8-24(21)39-17-28(32,33)34/h1-8,19-20,23,35H,9-17H2/t19-,20+,23+,26-/m1/s1. The lowest BCUT2D eigenvalue weighted by Gasteiger charge is -2.45. The van der Waals surface area contributed by atoms with E-state index < -0.39 is 42.8 Å². The van der Waals surface area contributed by atoms with Gasteiger partial charge in [-0.15, -0.1) is 0 Å². The number of fused-ring (bicyclic) bond motifs is 2. The highest BCUT2D eigenvalue weighted by molar-refractivity contribution is 5.82. The van der Waals surface area contributed by atoms with Crippen molar-refractivity contribution in [2.45, 2.75) is 55.6 Å². The molecular formula is C28H30F6N2O3. The summed E-state index contributed by atoms with van der Waals surface area (Å²) in [5.74, 6) is -1.19. The summed E-state index contributed by atoms with van der Waals surface area (Å²) in [6.45, 7) is -0.599. The normalized spacial score (nSPS) is 27.4. The number of ether oxygens (including phenoxy) is 2. The topological polar surface area (TPSA) is 50.8 Å². The average Bonchev–Trinajstić information content (AvgIpc) is 3.30. The van der Waals surface area contributed by atoms with E-state index in [1.807, 2.05) is 30.3 Å². The summed E-state index contributed by atoms with van der Waals surface area (Å²) in [4.78, 5) is 15.4. The van der Waals surface area contributed by atoms with Crippen LogP contribution in [0.4, 0.5) is 26.3 Å². The molecule has 0 unspecified atom stereocenters. The molecule has 11 heteroatoms. The first-order valence-corrected chi connectivity index (χ1v) is 13.0. The fraction of sp³-hybridized carbons (Fsp3) is 0.536. The molecule has 212 valence electrons. The first kappa shape index (κ1) is 27.8. The number of rotatable bonds is 5. The van der Waals surface area contributed by atoms with E-state index in [0.29, 0.717) is 24.1 Å². The summed E-state index contributed by atoms with van der Waals surface area (Å²) in [5, 5.41) is 3.20. The Morgan fingerprint density at radius 1 is 1.05 bits per heavy atom. The predicted octanol–water partition coefficient (Wildman–Crippen LogP) is 5.34. The third-order valence-corrected chi connectivity index (χ3v) is 8.16. The molecule has 5 rings (SSSR count). The number of alkyl halides is 6. The maximum atomic E-state index is 14.0. The van der Waals surface area contributed by atoms with Gasteiger partial charge >= 0.3 is 12.4 Å². The molecule has 2 aromatic rings. The van der Waals surface area contributed by atoms with Gasteiger partial charge < -0.3 is 19.7 Å². The Bertz CT molecular complexity index is 1170. The lowest BCUT2D eigenvalue weighted by molar-refractivity contribution is -0.161. The number of carbonyl (C=O) groups excluding carboxylic acids is 1. The Morgan fingerprint density at radius 3 is 2.54 bits per heavy atom. The fourth-order valence-corrected chi connectivity index (χ4v) is 6.44. The molecule has 0 radical (unpaired) electrons. The average molecular weight is 557 g/mol. The van der Waals surface area contributed by atoms with Gasteiger partial charge in [0.15, 0.2) is 6.61 Å². The van der Waals surface area contributed by atoms with Crippen molar-refractivity contribution in [1.82, 2.24) is 10.2 Å². The van der Waals surface area contributed by atoms with Crippen molar-refractivity contribution < 1.29 is 40.6 Å². The lowest BCUT2D eigenvalue weighted by Crippen LogP contribution is -2.55. The number of likely N-dealkylation sites (tertiary alicyclic amines) is 1. The minimum Gasteiger partial charge on any atom is -0.484 e. The third kappa shape index (κ3) is 5.89. The van der Waals surface area contributed by atoms with Crippen LogP contribution in [0.25, 0.3) is 0 Å². The van der Waals surface area contributed by atoms with Crippen molar-refractivity contribution >= 4 is 5.91 Å². The van der Waals surface area contributed by atoms with E-state index in [-0.39, 0.29) is 50.3 Å². The molecule has 39 heavy (non-hydrogen) atoms. The third-order valence-electron chi connectivity index (χ3n) is 8.16. The number of carbonyl (C=O) groups is 1. The van der Waals surface area contributed by atoms with Crippen LogP contribution in [0.5, 0.6) is 5.75 Å². The first-order chi connectivity index (χ1) is 18.5. The van der Waals surface area contributed by atoms with Crippen LogP contribution in [-0.2, 0) is 21.6 Å².